The second-order valence-corrected chi connectivity index (χ2v) is 4.83. The molecular formula is C11H21NO5. The second kappa shape index (κ2) is 6.44. The molecule has 6 nitrogen and oxygen atoms in total. The number of alkyl carbamates (subject to hydrolysis) is 1. The van der Waals surface area contributed by atoms with Gasteiger partial charge in [0.1, 0.15) is 5.60 Å². The molecule has 0 fully saturated rings. The molecule has 0 aromatic carbocycles. The lowest BCUT2D eigenvalue weighted by molar-refractivity contribution is -0.144. The van der Waals surface area contributed by atoms with Crippen molar-refractivity contribution in [3.63, 3.8) is 0 Å². The van der Waals surface area contributed by atoms with Gasteiger partial charge in [-0.25, -0.2) is 4.79 Å². The number of aliphatic carboxylic acids is 1. The van der Waals surface area contributed by atoms with Crippen molar-refractivity contribution >= 4 is 12.1 Å². The molecule has 0 aliphatic carbocycles. The molecule has 0 aliphatic rings. The third kappa shape index (κ3) is 6.78. The summed E-state index contributed by atoms with van der Waals surface area (Å²) in [5.74, 6) is -1.82. The summed E-state index contributed by atoms with van der Waals surface area (Å²) >= 11 is 0. The highest BCUT2D eigenvalue weighted by atomic mass is 16.6. The molecule has 0 heterocycles. The van der Waals surface area contributed by atoms with Gasteiger partial charge in [0.25, 0.3) is 0 Å². The Kier molecular flexibility index (Phi) is 5.95. The average molecular weight is 247 g/mol. The fourth-order valence-corrected chi connectivity index (χ4v) is 1.20. The van der Waals surface area contributed by atoms with E-state index in [9.17, 15) is 9.59 Å². The molecule has 0 aromatic rings. The standard InChI is InChI=1S/C11H21NO5/c1-7(8(6-16-5)9(13)14)12-10(15)17-11(2,3)4/h7-8H,6H2,1-5H3,(H,12,15)(H,13,14). The summed E-state index contributed by atoms with van der Waals surface area (Å²) in [6.07, 6.45) is -0.632. The van der Waals surface area contributed by atoms with Crippen LogP contribution < -0.4 is 5.32 Å². The van der Waals surface area contributed by atoms with Crippen LogP contribution in [-0.2, 0) is 14.3 Å². The van der Waals surface area contributed by atoms with Crippen LogP contribution in [-0.4, -0.2) is 42.5 Å². The normalized spacial score (nSPS) is 14.9. The Hall–Kier alpha value is -1.30. The van der Waals surface area contributed by atoms with E-state index in [0.717, 1.165) is 0 Å². The van der Waals surface area contributed by atoms with Gasteiger partial charge in [0.15, 0.2) is 0 Å². The van der Waals surface area contributed by atoms with E-state index in [1.54, 1.807) is 27.7 Å². The number of rotatable bonds is 5. The lowest BCUT2D eigenvalue weighted by Gasteiger charge is -2.24. The number of methoxy groups -OCH3 is 1. The van der Waals surface area contributed by atoms with Crippen molar-refractivity contribution in [2.24, 2.45) is 5.92 Å². The first-order valence-electron chi connectivity index (χ1n) is 5.38. The number of hydrogen-bond donors (Lipinski definition) is 2. The van der Waals surface area contributed by atoms with Gasteiger partial charge in [-0.05, 0) is 27.7 Å². The van der Waals surface area contributed by atoms with Gasteiger partial charge in [-0.3, -0.25) is 4.79 Å². The second-order valence-electron chi connectivity index (χ2n) is 4.83. The van der Waals surface area contributed by atoms with Gasteiger partial charge >= 0.3 is 12.1 Å². The molecule has 0 spiro atoms. The fraction of sp³-hybridized carbons (Fsp3) is 0.818. The van der Waals surface area contributed by atoms with Gasteiger partial charge in [0.2, 0.25) is 0 Å². The third-order valence-corrected chi connectivity index (χ3v) is 2.01. The summed E-state index contributed by atoms with van der Waals surface area (Å²) in [5.41, 5.74) is -0.607. The summed E-state index contributed by atoms with van der Waals surface area (Å²) < 4.78 is 9.83. The van der Waals surface area contributed by atoms with Gasteiger partial charge in [0, 0.05) is 13.2 Å². The number of carbonyl (C=O) groups excluding carboxylic acids is 1. The molecule has 2 unspecified atom stereocenters. The van der Waals surface area contributed by atoms with Crippen molar-refractivity contribution in [3.05, 3.63) is 0 Å². The van der Waals surface area contributed by atoms with E-state index in [-0.39, 0.29) is 6.61 Å². The number of carbonyl (C=O) groups is 2. The Morgan fingerprint density at radius 2 is 1.88 bits per heavy atom. The number of ether oxygens (including phenoxy) is 2. The summed E-state index contributed by atoms with van der Waals surface area (Å²) in [5, 5.41) is 11.4. The van der Waals surface area contributed by atoms with Crippen LogP contribution in [0, 0.1) is 5.92 Å². The van der Waals surface area contributed by atoms with E-state index in [4.69, 9.17) is 14.6 Å². The van der Waals surface area contributed by atoms with Gasteiger partial charge < -0.3 is 19.9 Å². The quantitative estimate of drug-likeness (QED) is 0.763. The van der Waals surface area contributed by atoms with Crippen LogP contribution in [0.2, 0.25) is 0 Å². The highest BCUT2D eigenvalue weighted by Crippen LogP contribution is 2.09. The zero-order valence-corrected chi connectivity index (χ0v) is 10.9. The Bertz CT molecular complexity index is 272. The minimum absolute atomic E-state index is 0.0340. The minimum atomic E-state index is -1.02. The molecule has 0 bridgehead atoms. The van der Waals surface area contributed by atoms with Crippen molar-refractivity contribution < 1.29 is 24.2 Å². The van der Waals surface area contributed by atoms with Gasteiger partial charge in [0.05, 0.1) is 12.5 Å². The van der Waals surface area contributed by atoms with Crippen LogP contribution in [0.4, 0.5) is 4.79 Å². The van der Waals surface area contributed by atoms with Gasteiger partial charge in [-0.1, -0.05) is 0 Å². The highest BCUT2D eigenvalue weighted by Gasteiger charge is 2.27. The van der Waals surface area contributed by atoms with E-state index >= 15 is 0 Å². The summed E-state index contributed by atoms with van der Waals surface area (Å²) in [6, 6.07) is -0.567. The van der Waals surface area contributed by atoms with E-state index in [0.29, 0.717) is 0 Å². The van der Waals surface area contributed by atoms with Crippen molar-refractivity contribution in [1.82, 2.24) is 5.32 Å². The highest BCUT2D eigenvalue weighted by molar-refractivity contribution is 5.73. The molecule has 0 radical (unpaired) electrons. The number of nitrogens with one attached hydrogen (secondary N) is 1. The first-order valence-corrected chi connectivity index (χ1v) is 5.38. The average Bonchev–Trinajstić information content (AvgIpc) is 2.09. The molecule has 1 amide bonds. The fourth-order valence-electron chi connectivity index (χ4n) is 1.20. The zero-order chi connectivity index (χ0) is 13.6. The lowest BCUT2D eigenvalue weighted by atomic mass is 10.0. The molecule has 0 saturated carbocycles. The van der Waals surface area contributed by atoms with Gasteiger partial charge in [-0.2, -0.15) is 0 Å². The zero-order valence-electron chi connectivity index (χ0n) is 10.9. The molecule has 6 heteroatoms. The number of hydrogen-bond acceptors (Lipinski definition) is 4. The maximum Gasteiger partial charge on any atom is 0.407 e. The number of carboxylic acid groups (broad SMARTS) is 1. The first kappa shape index (κ1) is 15.7. The molecule has 17 heavy (non-hydrogen) atoms. The van der Waals surface area contributed by atoms with E-state index in [1.807, 2.05) is 0 Å². The molecule has 0 rings (SSSR count). The van der Waals surface area contributed by atoms with Crippen molar-refractivity contribution in [1.29, 1.82) is 0 Å². The van der Waals surface area contributed by atoms with E-state index in [2.05, 4.69) is 5.32 Å². The topological polar surface area (TPSA) is 84.9 Å². The third-order valence-electron chi connectivity index (χ3n) is 2.01. The minimum Gasteiger partial charge on any atom is -0.481 e. The molecule has 2 atom stereocenters. The molecule has 2 N–H and O–H groups in total. The molecule has 0 aliphatic heterocycles. The predicted octanol–water partition coefficient (Wildman–Crippen LogP) is 1.25. The maximum absolute atomic E-state index is 11.4. The SMILES string of the molecule is COCC(C(=O)O)C(C)NC(=O)OC(C)(C)C. The van der Waals surface area contributed by atoms with Crippen LogP contribution in [0.15, 0.2) is 0 Å². The first-order chi connectivity index (χ1) is 7.67. The smallest absolute Gasteiger partial charge is 0.407 e. The Balaban J connectivity index is 4.35. The van der Waals surface area contributed by atoms with Crippen LogP contribution in [0.3, 0.4) is 0 Å². The Morgan fingerprint density at radius 3 is 2.24 bits per heavy atom. The lowest BCUT2D eigenvalue weighted by Crippen LogP contribution is -2.45. The van der Waals surface area contributed by atoms with Crippen molar-refractivity contribution in [2.75, 3.05) is 13.7 Å². The summed E-state index contributed by atoms with van der Waals surface area (Å²) in [4.78, 5) is 22.4. The van der Waals surface area contributed by atoms with Crippen LogP contribution in [0.25, 0.3) is 0 Å². The number of amides is 1. The van der Waals surface area contributed by atoms with Crippen LogP contribution >= 0.6 is 0 Å². The molecule has 0 aromatic heterocycles. The van der Waals surface area contributed by atoms with E-state index in [1.165, 1.54) is 7.11 Å². The largest absolute Gasteiger partial charge is 0.481 e. The molecular weight excluding hydrogens is 226 g/mol. The van der Waals surface area contributed by atoms with E-state index < -0.39 is 29.6 Å². The summed E-state index contributed by atoms with van der Waals surface area (Å²) in [6.45, 7) is 6.84. The summed E-state index contributed by atoms with van der Waals surface area (Å²) in [7, 11) is 1.41. The van der Waals surface area contributed by atoms with Crippen molar-refractivity contribution in [3.8, 4) is 0 Å². The van der Waals surface area contributed by atoms with Crippen molar-refractivity contribution in [2.45, 2.75) is 39.3 Å². The molecule has 0 saturated heterocycles. The van der Waals surface area contributed by atoms with Crippen LogP contribution in [0.1, 0.15) is 27.7 Å². The predicted molar refractivity (Wildman–Crippen MR) is 61.8 cm³/mol. The monoisotopic (exact) mass is 247 g/mol. The van der Waals surface area contributed by atoms with Gasteiger partial charge in [-0.15, -0.1) is 0 Å². The maximum atomic E-state index is 11.4. The van der Waals surface area contributed by atoms with Crippen LogP contribution in [0.5, 0.6) is 0 Å². The Morgan fingerprint density at radius 1 is 1.35 bits per heavy atom. The molecule has 100 valence electrons. The number of carboxylic acids is 1. The Labute approximate surface area is 101 Å².